The fourth-order valence-corrected chi connectivity index (χ4v) is 6.05. The Kier molecular flexibility index (Phi) is 9.22. The van der Waals surface area contributed by atoms with E-state index in [1.807, 2.05) is 0 Å². The van der Waals surface area contributed by atoms with Gasteiger partial charge in [-0.15, -0.1) is 0 Å². The first kappa shape index (κ1) is 25.4. The van der Waals surface area contributed by atoms with E-state index in [2.05, 4.69) is 78.3 Å². The van der Waals surface area contributed by atoms with Gasteiger partial charge < -0.3 is 10.2 Å². The molecule has 3 saturated heterocycles. The van der Waals surface area contributed by atoms with E-state index >= 15 is 0 Å². The topological polar surface area (TPSA) is 28.2 Å². The summed E-state index contributed by atoms with van der Waals surface area (Å²) in [4.78, 5) is 13.4. The van der Waals surface area contributed by atoms with Crippen molar-refractivity contribution in [3.8, 4) is 0 Å². The van der Waals surface area contributed by atoms with E-state index in [9.17, 15) is 0 Å². The number of rotatable bonds is 8. The quantitative estimate of drug-likeness (QED) is 0.625. The standard InChI is InChI=1S/C25H52N6/c1-8-27-11-15-31(16-12-27)25(6,7)17-24-20-30(18-22(4)26-24)23(5)19-28-9-13-29(14-10-28)21(2)3/h21-24,26H,8-20H2,1-7H3/t22?,23-,24?/m1/s1. The van der Waals surface area contributed by atoms with Crippen molar-refractivity contribution in [3.05, 3.63) is 0 Å². The van der Waals surface area contributed by atoms with Crippen LogP contribution in [0.1, 0.15) is 54.9 Å². The predicted molar refractivity (Wildman–Crippen MR) is 133 cm³/mol. The Morgan fingerprint density at radius 2 is 1.45 bits per heavy atom. The van der Waals surface area contributed by atoms with Crippen LogP contribution in [0.2, 0.25) is 0 Å². The first-order chi connectivity index (χ1) is 14.7. The molecule has 3 aliphatic rings. The molecule has 1 N–H and O–H groups in total. The van der Waals surface area contributed by atoms with E-state index < -0.39 is 0 Å². The molecule has 0 radical (unpaired) electrons. The normalized spacial score (nSPS) is 30.2. The molecule has 3 rings (SSSR count). The molecule has 2 unspecified atom stereocenters. The number of nitrogens with one attached hydrogen (secondary N) is 1. The Balaban J connectivity index is 1.49. The van der Waals surface area contributed by atoms with Gasteiger partial charge in [0.15, 0.2) is 0 Å². The van der Waals surface area contributed by atoms with Crippen LogP contribution in [0.3, 0.4) is 0 Å². The minimum atomic E-state index is 0.261. The first-order valence-electron chi connectivity index (χ1n) is 13.1. The first-order valence-corrected chi connectivity index (χ1v) is 13.1. The van der Waals surface area contributed by atoms with Crippen molar-refractivity contribution in [2.24, 2.45) is 0 Å². The van der Waals surface area contributed by atoms with Gasteiger partial charge in [-0.2, -0.15) is 0 Å². The number of nitrogens with zero attached hydrogens (tertiary/aromatic N) is 5. The van der Waals surface area contributed by atoms with E-state index in [4.69, 9.17) is 0 Å². The predicted octanol–water partition coefficient (Wildman–Crippen LogP) is 1.87. The van der Waals surface area contributed by atoms with Gasteiger partial charge in [0.1, 0.15) is 0 Å². The molecule has 0 aromatic rings. The number of likely N-dealkylation sites (N-methyl/N-ethyl adjacent to an activating group) is 1. The molecule has 6 nitrogen and oxygen atoms in total. The Bertz CT molecular complexity index is 522. The zero-order valence-corrected chi connectivity index (χ0v) is 21.7. The number of hydrogen-bond donors (Lipinski definition) is 1. The van der Waals surface area contributed by atoms with Gasteiger partial charge in [0, 0.05) is 102 Å². The average molecular weight is 437 g/mol. The lowest BCUT2D eigenvalue weighted by atomic mass is 9.90. The molecule has 3 heterocycles. The second kappa shape index (κ2) is 11.3. The third-order valence-electron chi connectivity index (χ3n) is 8.19. The van der Waals surface area contributed by atoms with E-state index in [1.54, 1.807) is 0 Å². The van der Waals surface area contributed by atoms with Crippen molar-refractivity contribution in [1.82, 2.24) is 29.8 Å². The summed E-state index contributed by atoms with van der Waals surface area (Å²) in [6.45, 7) is 31.3. The SMILES string of the molecule is CCN1CCN(C(C)(C)CC2CN([C@H](C)CN3CCN(C(C)C)CC3)CC(C)N2)CC1. The third-order valence-corrected chi connectivity index (χ3v) is 8.19. The molecule has 0 spiro atoms. The van der Waals surface area contributed by atoms with E-state index in [-0.39, 0.29) is 5.54 Å². The maximum absolute atomic E-state index is 3.94. The third kappa shape index (κ3) is 7.12. The van der Waals surface area contributed by atoms with Crippen molar-refractivity contribution < 1.29 is 0 Å². The minimum Gasteiger partial charge on any atom is -0.309 e. The van der Waals surface area contributed by atoms with Crippen LogP contribution in [0.4, 0.5) is 0 Å². The van der Waals surface area contributed by atoms with Gasteiger partial charge in [-0.25, -0.2) is 0 Å². The monoisotopic (exact) mass is 436 g/mol. The summed E-state index contributed by atoms with van der Waals surface area (Å²) in [5.41, 5.74) is 0.261. The zero-order chi connectivity index (χ0) is 22.6. The molecule has 3 fully saturated rings. The summed E-state index contributed by atoms with van der Waals surface area (Å²) in [5.74, 6) is 0. The van der Waals surface area contributed by atoms with Gasteiger partial charge >= 0.3 is 0 Å². The second-order valence-electron chi connectivity index (χ2n) is 11.4. The average Bonchev–Trinajstić information content (AvgIpc) is 2.73. The van der Waals surface area contributed by atoms with Gasteiger partial charge in [-0.05, 0) is 54.5 Å². The van der Waals surface area contributed by atoms with Crippen LogP contribution in [0.15, 0.2) is 0 Å². The summed E-state index contributed by atoms with van der Waals surface area (Å²) < 4.78 is 0. The fraction of sp³-hybridized carbons (Fsp3) is 1.00. The Hall–Kier alpha value is -0.240. The van der Waals surface area contributed by atoms with Crippen molar-refractivity contribution in [2.75, 3.05) is 78.5 Å². The van der Waals surface area contributed by atoms with Crippen LogP contribution in [0, 0.1) is 0 Å². The van der Waals surface area contributed by atoms with Crippen molar-refractivity contribution in [2.45, 2.75) is 84.6 Å². The number of hydrogen-bond acceptors (Lipinski definition) is 6. The van der Waals surface area contributed by atoms with Gasteiger partial charge in [-0.1, -0.05) is 6.92 Å². The molecule has 31 heavy (non-hydrogen) atoms. The highest BCUT2D eigenvalue weighted by Gasteiger charge is 2.36. The molecule has 6 heteroatoms. The van der Waals surface area contributed by atoms with E-state index in [0.29, 0.717) is 24.2 Å². The summed E-state index contributed by atoms with van der Waals surface area (Å²) in [6.07, 6.45) is 1.24. The molecule has 0 amide bonds. The van der Waals surface area contributed by atoms with Crippen LogP contribution in [-0.2, 0) is 0 Å². The molecule has 0 aliphatic carbocycles. The molecule has 0 aromatic carbocycles. The van der Waals surface area contributed by atoms with Crippen molar-refractivity contribution in [3.63, 3.8) is 0 Å². The lowest BCUT2D eigenvalue weighted by Gasteiger charge is -2.48. The zero-order valence-electron chi connectivity index (χ0n) is 21.7. The maximum Gasteiger partial charge on any atom is 0.0215 e. The summed E-state index contributed by atoms with van der Waals surface area (Å²) in [6, 6.07) is 2.48. The molecule has 0 saturated carbocycles. The molecule has 182 valence electrons. The van der Waals surface area contributed by atoms with Crippen molar-refractivity contribution >= 4 is 0 Å². The Morgan fingerprint density at radius 1 is 0.839 bits per heavy atom. The highest BCUT2D eigenvalue weighted by atomic mass is 15.3. The molecule has 0 aromatic heterocycles. The lowest BCUT2D eigenvalue weighted by molar-refractivity contribution is 0.0244. The highest BCUT2D eigenvalue weighted by Crippen LogP contribution is 2.25. The smallest absolute Gasteiger partial charge is 0.0215 e. The van der Waals surface area contributed by atoms with Gasteiger partial charge in [0.25, 0.3) is 0 Å². The fourth-order valence-electron chi connectivity index (χ4n) is 6.05. The summed E-state index contributed by atoms with van der Waals surface area (Å²) in [7, 11) is 0. The highest BCUT2D eigenvalue weighted by molar-refractivity contribution is 4.95. The summed E-state index contributed by atoms with van der Waals surface area (Å²) >= 11 is 0. The van der Waals surface area contributed by atoms with Crippen molar-refractivity contribution in [1.29, 1.82) is 0 Å². The molecular weight excluding hydrogens is 384 g/mol. The van der Waals surface area contributed by atoms with E-state index in [1.165, 1.54) is 85.0 Å². The van der Waals surface area contributed by atoms with Crippen LogP contribution in [-0.4, -0.2) is 133 Å². The molecule has 3 atom stereocenters. The van der Waals surface area contributed by atoms with Gasteiger partial charge in [0.05, 0.1) is 0 Å². The van der Waals surface area contributed by atoms with Crippen LogP contribution in [0.25, 0.3) is 0 Å². The minimum absolute atomic E-state index is 0.261. The Labute approximate surface area is 193 Å². The molecule has 0 bridgehead atoms. The summed E-state index contributed by atoms with van der Waals surface area (Å²) in [5, 5.41) is 3.94. The lowest BCUT2D eigenvalue weighted by Crippen LogP contribution is -2.63. The molecule has 3 aliphatic heterocycles. The number of piperazine rings is 3. The van der Waals surface area contributed by atoms with Crippen LogP contribution < -0.4 is 5.32 Å². The second-order valence-corrected chi connectivity index (χ2v) is 11.4. The Morgan fingerprint density at radius 3 is 2.03 bits per heavy atom. The van der Waals surface area contributed by atoms with Crippen LogP contribution in [0.5, 0.6) is 0 Å². The van der Waals surface area contributed by atoms with Gasteiger partial charge in [0.2, 0.25) is 0 Å². The van der Waals surface area contributed by atoms with Crippen LogP contribution >= 0.6 is 0 Å². The van der Waals surface area contributed by atoms with E-state index in [0.717, 1.165) is 0 Å². The largest absolute Gasteiger partial charge is 0.309 e. The molecular formula is C25H52N6. The maximum atomic E-state index is 3.94. The van der Waals surface area contributed by atoms with Gasteiger partial charge in [-0.3, -0.25) is 19.6 Å².